The standard InChI is InChI=1S/C24H25ClN6O3/c1-3-27-24-28-11-16-8-19(23(34)31(22(16)30-24)7-6-17(33)13-32)18-5-4-15(9-20(18)25)21-12-26-10-14(2)29-21/h4-5,8-12,17,32-33H,3,6-7,13H2,1-2H3,(H,27,28,30). The molecular formula is C24H25ClN6O3. The van der Waals surface area contributed by atoms with Crippen LogP contribution in [0.4, 0.5) is 5.95 Å². The van der Waals surface area contributed by atoms with Crippen LogP contribution in [-0.4, -0.2) is 54.0 Å². The lowest BCUT2D eigenvalue weighted by atomic mass is 10.0. The summed E-state index contributed by atoms with van der Waals surface area (Å²) in [5.74, 6) is 0.403. The van der Waals surface area contributed by atoms with Crippen LogP contribution in [-0.2, 0) is 6.54 Å². The second kappa shape index (κ2) is 10.3. The Morgan fingerprint density at radius 2 is 1.97 bits per heavy atom. The van der Waals surface area contributed by atoms with E-state index in [2.05, 4.69) is 25.3 Å². The molecule has 176 valence electrons. The summed E-state index contributed by atoms with van der Waals surface area (Å²) >= 11 is 6.63. The molecular weight excluding hydrogens is 456 g/mol. The minimum atomic E-state index is -0.945. The average Bonchev–Trinajstić information content (AvgIpc) is 2.83. The van der Waals surface area contributed by atoms with E-state index in [4.69, 9.17) is 11.6 Å². The molecule has 3 N–H and O–H groups in total. The molecule has 3 heterocycles. The molecule has 0 bridgehead atoms. The molecule has 0 aliphatic rings. The van der Waals surface area contributed by atoms with Gasteiger partial charge in [0.25, 0.3) is 5.56 Å². The van der Waals surface area contributed by atoms with E-state index in [1.807, 2.05) is 19.9 Å². The molecule has 0 aliphatic heterocycles. The number of rotatable bonds is 8. The molecule has 0 aliphatic carbocycles. The van der Waals surface area contributed by atoms with Crippen LogP contribution in [0.1, 0.15) is 19.0 Å². The number of pyridine rings is 1. The molecule has 10 heteroatoms. The minimum Gasteiger partial charge on any atom is -0.394 e. The van der Waals surface area contributed by atoms with Crippen LogP contribution in [0.15, 0.2) is 47.7 Å². The first-order chi connectivity index (χ1) is 16.4. The average molecular weight is 481 g/mol. The fraction of sp³-hybridized carbons (Fsp3) is 0.292. The molecule has 0 amide bonds. The maximum atomic E-state index is 13.6. The second-order valence-electron chi connectivity index (χ2n) is 7.88. The Labute approximate surface area is 201 Å². The van der Waals surface area contributed by atoms with E-state index in [0.717, 1.165) is 11.3 Å². The number of fused-ring (bicyclic) bond motifs is 1. The number of benzene rings is 1. The van der Waals surface area contributed by atoms with Crippen LogP contribution in [0.3, 0.4) is 0 Å². The van der Waals surface area contributed by atoms with Gasteiger partial charge >= 0.3 is 0 Å². The molecule has 4 aromatic rings. The third-order valence-corrected chi connectivity index (χ3v) is 5.68. The van der Waals surface area contributed by atoms with Gasteiger partial charge in [0.05, 0.1) is 30.3 Å². The summed E-state index contributed by atoms with van der Waals surface area (Å²) in [5, 5.41) is 23.2. The predicted octanol–water partition coefficient (Wildman–Crippen LogP) is 3.05. The summed E-state index contributed by atoms with van der Waals surface area (Å²) in [6.45, 7) is 4.20. The molecule has 1 aromatic carbocycles. The van der Waals surface area contributed by atoms with Gasteiger partial charge < -0.3 is 15.5 Å². The monoisotopic (exact) mass is 480 g/mol. The van der Waals surface area contributed by atoms with Gasteiger partial charge in [-0.3, -0.25) is 14.3 Å². The van der Waals surface area contributed by atoms with Crippen LogP contribution < -0.4 is 10.9 Å². The highest BCUT2D eigenvalue weighted by Crippen LogP contribution is 2.31. The summed E-state index contributed by atoms with van der Waals surface area (Å²) in [7, 11) is 0. The van der Waals surface area contributed by atoms with E-state index in [9.17, 15) is 15.0 Å². The van der Waals surface area contributed by atoms with Crippen molar-refractivity contribution in [1.29, 1.82) is 0 Å². The van der Waals surface area contributed by atoms with Crippen molar-refractivity contribution >= 4 is 28.6 Å². The van der Waals surface area contributed by atoms with Crippen molar-refractivity contribution in [2.45, 2.75) is 32.9 Å². The van der Waals surface area contributed by atoms with Gasteiger partial charge in [0.1, 0.15) is 5.65 Å². The summed E-state index contributed by atoms with van der Waals surface area (Å²) in [5.41, 5.74) is 3.35. The number of nitrogens with zero attached hydrogens (tertiary/aromatic N) is 5. The normalized spacial score (nSPS) is 12.1. The molecule has 1 unspecified atom stereocenters. The highest BCUT2D eigenvalue weighted by molar-refractivity contribution is 6.33. The van der Waals surface area contributed by atoms with E-state index < -0.39 is 6.10 Å². The fourth-order valence-corrected chi connectivity index (χ4v) is 3.95. The van der Waals surface area contributed by atoms with Gasteiger partial charge in [-0.2, -0.15) is 4.98 Å². The SMILES string of the molecule is CCNc1ncc2cc(-c3ccc(-c4cncc(C)n4)cc3Cl)c(=O)n(CCC(O)CO)c2n1. The number of aliphatic hydroxyl groups excluding tert-OH is 2. The zero-order valence-electron chi connectivity index (χ0n) is 18.9. The van der Waals surface area contributed by atoms with E-state index in [1.165, 1.54) is 4.57 Å². The number of aryl methyl sites for hydroxylation is 2. The summed E-state index contributed by atoms with van der Waals surface area (Å²) in [4.78, 5) is 31.0. The van der Waals surface area contributed by atoms with E-state index in [1.54, 1.807) is 36.8 Å². The minimum absolute atomic E-state index is 0.169. The highest BCUT2D eigenvalue weighted by atomic mass is 35.5. The fourth-order valence-electron chi connectivity index (χ4n) is 3.67. The molecule has 34 heavy (non-hydrogen) atoms. The summed E-state index contributed by atoms with van der Waals surface area (Å²) in [6.07, 6.45) is 4.22. The molecule has 0 spiro atoms. The Balaban J connectivity index is 1.84. The first-order valence-electron chi connectivity index (χ1n) is 10.9. The Kier molecular flexibility index (Phi) is 7.16. The first kappa shape index (κ1) is 23.7. The number of anilines is 1. The van der Waals surface area contributed by atoms with E-state index >= 15 is 0 Å². The number of hydrogen-bond acceptors (Lipinski definition) is 8. The lowest BCUT2D eigenvalue weighted by molar-refractivity contribution is 0.0847. The molecule has 0 saturated carbocycles. The van der Waals surface area contributed by atoms with Crippen LogP contribution in [0.2, 0.25) is 5.02 Å². The van der Waals surface area contributed by atoms with Crippen molar-refractivity contribution in [3.8, 4) is 22.4 Å². The number of nitrogens with one attached hydrogen (secondary N) is 1. The quantitative estimate of drug-likeness (QED) is 0.351. The molecule has 0 saturated heterocycles. The van der Waals surface area contributed by atoms with Crippen LogP contribution in [0.25, 0.3) is 33.4 Å². The van der Waals surface area contributed by atoms with E-state index in [-0.39, 0.29) is 25.1 Å². The Morgan fingerprint density at radius 1 is 1.15 bits per heavy atom. The van der Waals surface area contributed by atoms with Gasteiger partial charge in [-0.1, -0.05) is 23.7 Å². The van der Waals surface area contributed by atoms with Crippen molar-refractivity contribution in [3.05, 3.63) is 63.9 Å². The second-order valence-corrected chi connectivity index (χ2v) is 8.29. The number of aliphatic hydroxyl groups is 2. The largest absolute Gasteiger partial charge is 0.394 e. The van der Waals surface area contributed by atoms with Crippen LogP contribution in [0, 0.1) is 6.92 Å². The van der Waals surface area contributed by atoms with Gasteiger partial charge in [-0.05, 0) is 32.4 Å². The molecule has 4 rings (SSSR count). The molecule has 3 aromatic heterocycles. The summed E-state index contributed by atoms with van der Waals surface area (Å²) in [6, 6.07) is 7.11. The van der Waals surface area contributed by atoms with Crippen molar-refractivity contribution in [2.75, 3.05) is 18.5 Å². The predicted molar refractivity (Wildman–Crippen MR) is 132 cm³/mol. The van der Waals surface area contributed by atoms with Gasteiger partial charge in [0, 0.05) is 52.6 Å². The third kappa shape index (κ3) is 4.91. The number of aromatic nitrogens is 5. The summed E-state index contributed by atoms with van der Waals surface area (Å²) < 4.78 is 1.49. The zero-order chi connectivity index (χ0) is 24.2. The van der Waals surface area contributed by atoms with Crippen molar-refractivity contribution in [1.82, 2.24) is 24.5 Å². The van der Waals surface area contributed by atoms with Crippen molar-refractivity contribution in [2.24, 2.45) is 0 Å². The van der Waals surface area contributed by atoms with Gasteiger partial charge in [0.15, 0.2) is 0 Å². The highest BCUT2D eigenvalue weighted by Gasteiger charge is 2.17. The molecule has 0 fully saturated rings. The first-order valence-corrected chi connectivity index (χ1v) is 11.3. The Morgan fingerprint density at radius 3 is 2.68 bits per heavy atom. The zero-order valence-corrected chi connectivity index (χ0v) is 19.6. The van der Waals surface area contributed by atoms with Gasteiger partial charge in [0.2, 0.25) is 5.95 Å². The maximum Gasteiger partial charge on any atom is 0.260 e. The number of hydrogen-bond donors (Lipinski definition) is 3. The molecule has 0 radical (unpaired) electrons. The molecule has 1 atom stereocenters. The van der Waals surface area contributed by atoms with Crippen molar-refractivity contribution < 1.29 is 10.2 Å². The van der Waals surface area contributed by atoms with Crippen LogP contribution >= 0.6 is 11.6 Å². The lowest BCUT2D eigenvalue weighted by Gasteiger charge is -2.15. The van der Waals surface area contributed by atoms with Gasteiger partial charge in [-0.15, -0.1) is 0 Å². The smallest absolute Gasteiger partial charge is 0.260 e. The van der Waals surface area contributed by atoms with Crippen molar-refractivity contribution in [3.63, 3.8) is 0 Å². The Bertz CT molecular complexity index is 1390. The van der Waals surface area contributed by atoms with E-state index in [0.29, 0.717) is 45.4 Å². The lowest BCUT2D eigenvalue weighted by Crippen LogP contribution is -2.26. The third-order valence-electron chi connectivity index (χ3n) is 5.37. The molecule has 9 nitrogen and oxygen atoms in total. The Hall–Kier alpha value is -3.40. The maximum absolute atomic E-state index is 13.6. The van der Waals surface area contributed by atoms with Gasteiger partial charge in [-0.25, -0.2) is 9.97 Å². The van der Waals surface area contributed by atoms with Crippen LogP contribution in [0.5, 0.6) is 0 Å². The number of halogens is 1. The topological polar surface area (TPSA) is 126 Å².